The van der Waals surface area contributed by atoms with Crippen LogP contribution in [-0.2, 0) is 5.41 Å². The summed E-state index contributed by atoms with van der Waals surface area (Å²) in [4.78, 5) is 4.83. The second kappa shape index (κ2) is 18.5. The highest BCUT2D eigenvalue weighted by molar-refractivity contribution is 6.90. The second-order valence-corrected chi connectivity index (χ2v) is 30.2. The van der Waals surface area contributed by atoms with Gasteiger partial charge in [-0.25, -0.2) is 0 Å². The van der Waals surface area contributed by atoms with Gasteiger partial charge < -0.3 is 18.6 Å². The molecule has 2 heterocycles. The number of nitrogens with zero attached hydrogens (tertiary/aromatic N) is 2. The lowest BCUT2D eigenvalue weighted by molar-refractivity contribution is 0.666. The number of hydrogen-bond acceptors (Lipinski definition) is 4. The van der Waals surface area contributed by atoms with E-state index in [4.69, 9.17) is 8.83 Å². The molecule has 16 rings (SSSR count). The van der Waals surface area contributed by atoms with E-state index in [9.17, 15) is 0 Å². The van der Waals surface area contributed by atoms with Crippen LogP contribution in [0.5, 0.6) is 0 Å². The van der Waals surface area contributed by atoms with Gasteiger partial charge in [-0.3, -0.25) is 0 Å². The molecule has 0 atom stereocenters. The van der Waals surface area contributed by atoms with Crippen molar-refractivity contribution in [2.24, 2.45) is 0 Å². The quantitative estimate of drug-likeness (QED) is 0.135. The maximum atomic E-state index is 7.19. The molecule has 2 aliphatic carbocycles. The maximum Gasteiger partial charge on any atom is 0.159 e. The third-order valence-corrected chi connectivity index (χ3v) is 20.6. The van der Waals surface area contributed by atoms with Crippen LogP contribution in [0.4, 0.5) is 34.1 Å². The van der Waals surface area contributed by atoms with Gasteiger partial charge in [0.2, 0.25) is 0 Å². The average Bonchev–Trinajstić information content (AvgIpc) is 1.51. The number of furan rings is 2. The minimum Gasteiger partial charge on any atom is -0.454 e. The highest BCUT2D eigenvalue weighted by atomic mass is 28.3. The molecule has 0 unspecified atom stereocenters. The van der Waals surface area contributed by atoms with Crippen molar-refractivity contribution in [2.45, 2.75) is 71.5 Å². The average molecular weight is 1100 g/mol. The highest BCUT2D eigenvalue weighted by Gasteiger charge is 2.54. The van der Waals surface area contributed by atoms with Crippen LogP contribution in [-0.4, -0.2) is 8.07 Å². The largest absolute Gasteiger partial charge is 0.454 e. The molecular formula is C79H64N2O2Si. The molecule has 4 nitrogen and oxygen atoms in total. The Morgan fingerprint density at radius 3 is 1.24 bits per heavy atom. The van der Waals surface area contributed by atoms with Crippen LogP contribution in [0.3, 0.4) is 0 Å². The van der Waals surface area contributed by atoms with E-state index in [2.05, 4.69) is 295 Å². The Morgan fingerprint density at radius 1 is 0.345 bits per heavy atom. The van der Waals surface area contributed by atoms with Gasteiger partial charge in [-0.15, -0.1) is 0 Å². The van der Waals surface area contributed by atoms with E-state index in [1.54, 1.807) is 0 Å². The number of benzene rings is 12. The molecule has 84 heavy (non-hydrogen) atoms. The fourth-order valence-corrected chi connectivity index (χ4v) is 16.4. The van der Waals surface area contributed by atoms with Gasteiger partial charge in [0.25, 0.3) is 0 Å². The smallest absolute Gasteiger partial charge is 0.159 e. The summed E-state index contributed by atoms with van der Waals surface area (Å²) in [6.45, 7) is 18.8. The van der Waals surface area contributed by atoms with Gasteiger partial charge in [0, 0.05) is 44.3 Å². The number of anilines is 6. The molecule has 0 fully saturated rings. The van der Waals surface area contributed by atoms with E-state index in [1.165, 1.54) is 87.8 Å². The lowest BCUT2D eigenvalue weighted by Gasteiger charge is -2.34. The first-order valence-corrected chi connectivity index (χ1v) is 33.4. The summed E-state index contributed by atoms with van der Waals surface area (Å²) in [5, 5.41) is 11.0. The lowest BCUT2D eigenvalue weighted by atomic mass is 9.67. The summed E-state index contributed by atoms with van der Waals surface area (Å²) in [6.07, 6.45) is 0. The first-order chi connectivity index (χ1) is 40.9. The van der Waals surface area contributed by atoms with Crippen molar-refractivity contribution >= 4 is 113 Å². The van der Waals surface area contributed by atoms with Gasteiger partial charge >= 0.3 is 0 Å². The minimum absolute atomic E-state index is 0.219. The standard InChI is InChI=1S/C79H64N2O2Si/c1-47(2)62-45-66-67-46-63(48(3)4)65-44-53(81(51-26-13-10-14-27-51)71-37-21-32-60-61-33-22-38-72(84(6,7)8)78(61)83-77(60)71)40-42-57(65)74(67)79(68-34-17-15-28-54(68)55-29-16-18-35-69(55)79)73(66)56-41-39-52(43-64(56)62)80(50-24-11-9-12-25-50)70-36-20-31-59-58-30-19-23-49(5)75(58)82-76(59)70/h9-48H,1-8H3. The van der Waals surface area contributed by atoms with Crippen molar-refractivity contribution in [1.29, 1.82) is 0 Å². The molecule has 0 radical (unpaired) electrons. The van der Waals surface area contributed by atoms with Gasteiger partial charge in [0.15, 0.2) is 11.2 Å². The Balaban J connectivity index is 0.972. The van der Waals surface area contributed by atoms with Crippen LogP contribution in [0.2, 0.25) is 19.6 Å². The molecule has 2 aromatic heterocycles. The van der Waals surface area contributed by atoms with Crippen LogP contribution in [0.25, 0.3) is 87.7 Å². The molecule has 0 saturated carbocycles. The molecule has 0 bridgehead atoms. The molecule has 0 aliphatic heterocycles. The monoisotopic (exact) mass is 1100 g/mol. The summed E-state index contributed by atoms with van der Waals surface area (Å²) >= 11 is 0. The third-order valence-electron chi connectivity index (χ3n) is 18.6. The first kappa shape index (κ1) is 50.3. The minimum atomic E-state index is -1.76. The summed E-state index contributed by atoms with van der Waals surface area (Å²) in [5.74, 6) is 0.440. The Kier molecular flexibility index (Phi) is 11.1. The molecule has 14 aromatic rings. The van der Waals surface area contributed by atoms with Crippen molar-refractivity contribution in [3.05, 3.63) is 269 Å². The van der Waals surface area contributed by atoms with Crippen molar-refractivity contribution in [2.75, 3.05) is 9.80 Å². The molecular weight excluding hydrogens is 1040 g/mol. The van der Waals surface area contributed by atoms with Crippen LogP contribution >= 0.6 is 0 Å². The predicted octanol–water partition coefficient (Wildman–Crippen LogP) is 22.2. The molecule has 0 amide bonds. The third kappa shape index (κ3) is 7.12. The van der Waals surface area contributed by atoms with Gasteiger partial charge in [0.05, 0.1) is 24.9 Å². The highest BCUT2D eigenvalue weighted by Crippen LogP contribution is 2.67. The fraction of sp³-hybridized carbons (Fsp3) is 0.139. The Morgan fingerprint density at radius 2 is 0.762 bits per heavy atom. The lowest BCUT2D eigenvalue weighted by Crippen LogP contribution is -2.37. The van der Waals surface area contributed by atoms with Crippen molar-refractivity contribution in [3.8, 4) is 22.3 Å². The zero-order chi connectivity index (χ0) is 56.9. The van der Waals surface area contributed by atoms with E-state index in [0.717, 1.165) is 78.2 Å². The van der Waals surface area contributed by atoms with Crippen LogP contribution in [0.15, 0.2) is 239 Å². The topological polar surface area (TPSA) is 32.8 Å². The van der Waals surface area contributed by atoms with Crippen LogP contribution < -0.4 is 15.0 Å². The normalized spacial score (nSPS) is 13.3. The second-order valence-electron chi connectivity index (χ2n) is 25.1. The zero-order valence-corrected chi connectivity index (χ0v) is 49.8. The number of para-hydroxylation sites is 6. The first-order valence-electron chi connectivity index (χ1n) is 29.9. The SMILES string of the molecule is Cc1cccc2c1oc1c(N(c3ccccc3)c3ccc4c5c(cc(C(C)C)c4c3)-c3cc(C(C)C)c4cc(N(c6ccccc6)c6cccc7c6oc6c([Si](C)(C)C)cccc67)ccc4c3C53c4ccccc4-c4ccccc43)cccc12. The van der Waals surface area contributed by atoms with Crippen molar-refractivity contribution in [1.82, 2.24) is 0 Å². The van der Waals surface area contributed by atoms with E-state index < -0.39 is 13.5 Å². The summed E-state index contributed by atoms with van der Waals surface area (Å²) < 4.78 is 14.1. The molecule has 406 valence electrons. The zero-order valence-electron chi connectivity index (χ0n) is 48.8. The van der Waals surface area contributed by atoms with Crippen molar-refractivity contribution < 1.29 is 8.83 Å². The Bertz CT molecular complexity index is 4990. The van der Waals surface area contributed by atoms with Gasteiger partial charge in [0.1, 0.15) is 11.2 Å². The number of aryl methyl sites for hydroxylation is 1. The summed E-state index contributed by atoms with van der Waals surface area (Å²) in [5.41, 5.74) is 23.8. The van der Waals surface area contributed by atoms with E-state index in [-0.39, 0.29) is 11.8 Å². The molecule has 2 aliphatic rings. The molecule has 1 spiro atoms. The molecule has 5 heteroatoms. The summed E-state index contributed by atoms with van der Waals surface area (Å²) in [6, 6.07) is 86.4. The molecule has 12 aromatic carbocycles. The fourth-order valence-electron chi connectivity index (χ4n) is 14.9. The van der Waals surface area contributed by atoms with Crippen LogP contribution in [0.1, 0.15) is 78.5 Å². The van der Waals surface area contributed by atoms with Crippen molar-refractivity contribution in [3.63, 3.8) is 0 Å². The van der Waals surface area contributed by atoms with Gasteiger partial charge in [-0.05, 0) is 179 Å². The van der Waals surface area contributed by atoms with E-state index in [1.807, 2.05) is 0 Å². The predicted molar refractivity (Wildman–Crippen MR) is 358 cm³/mol. The number of fused-ring (bicyclic) bond motifs is 20. The molecule has 0 saturated heterocycles. The summed E-state index contributed by atoms with van der Waals surface area (Å²) in [7, 11) is -1.76. The maximum absolute atomic E-state index is 7.19. The van der Waals surface area contributed by atoms with Gasteiger partial charge in [-0.2, -0.15) is 0 Å². The van der Waals surface area contributed by atoms with E-state index >= 15 is 0 Å². The Labute approximate surface area is 491 Å². The number of rotatable bonds is 9. The van der Waals surface area contributed by atoms with Gasteiger partial charge in [-0.1, -0.05) is 205 Å². The number of hydrogen-bond donors (Lipinski definition) is 0. The Hall–Kier alpha value is -9.42. The van der Waals surface area contributed by atoms with E-state index in [0.29, 0.717) is 0 Å². The van der Waals surface area contributed by atoms with Crippen LogP contribution in [0, 0.1) is 6.92 Å². The molecule has 0 N–H and O–H groups in total.